The highest BCUT2D eigenvalue weighted by Gasteiger charge is 2.23. The average Bonchev–Trinajstić information content (AvgIpc) is 2.67. The van der Waals surface area contributed by atoms with Gasteiger partial charge in [0.1, 0.15) is 0 Å². The highest BCUT2D eigenvalue weighted by atomic mass is 35.5. The van der Waals surface area contributed by atoms with E-state index in [1.807, 2.05) is 30.0 Å². The van der Waals surface area contributed by atoms with Crippen LogP contribution in [0.5, 0.6) is 11.5 Å². The molecule has 2 amide bonds. The number of rotatable bonds is 8. The van der Waals surface area contributed by atoms with Crippen LogP contribution in [0, 0.1) is 0 Å². The highest BCUT2D eigenvalue weighted by Crippen LogP contribution is 2.28. The van der Waals surface area contributed by atoms with Gasteiger partial charge in [-0.1, -0.05) is 6.07 Å². The van der Waals surface area contributed by atoms with Gasteiger partial charge in [0.2, 0.25) is 11.8 Å². The second-order valence-electron chi connectivity index (χ2n) is 6.12. The minimum Gasteiger partial charge on any atom is -0.493 e. The summed E-state index contributed by atoms with van der Waals surface area (Å²) >= 11 is 5.61. The summed E-state index contributed by atoms with van der Waals surface area (Å²) in [4.78, 5) is 27.9. The molecule has 0 atom stereocenters. The minimum absolute atomic E-state index is 0.0635. The monoisotopic (exact) mass is 382 g/mol. The van der Waals surface area contributed by atoms with Crippen molar-refractivity contribution in [2.24, 2.45) is 0 Å². The van der Waals surface area contributed by atoms with E-state index in [0.717, 1.165) is 5.56 Å². The summed E-state index contributed by atoms with van der Waals surface area (Å²) in [6.07, 6.45) is 1.44. The van der Waals surface area contributed by atoms with Gasteiger partial charge in [-0.15, -0.1) is 11.6 Å². The molecule has 1 saturated heterocycles. The van der Waals surface area contributed by atoms with Crippen LogP contribution in [0.1, 0.15) is 25.3 Å². The molecule has 1 aromatic carbocycles. The third-order valence-corrected chi connectivity index (χ3v) is 4.64. The van der Waals surface area contributed by atoms with Crippen LogP contribution in [0.2, 0.25) is 0 Å². The lowest BCUT2D eigenvalue weighted by Gasteiger charge is -2.34. The van der Waals surface area contributed by atoms with Crippen molar-refractivity contribution in [3.63, 3.8) is 0 Å². The summed E-state index contributed by atoms with van der Waals surface area (Å²) in [7, 11) is 1.61. The van der Waals surface area contributed by atoms with Crippen molar-refractivity contribution in [3.8, 4) is 11.5 Å². The van der Waals surface area contributed by atoms with Crippen LogP contribution in [-0.4, -0.2) is 67.4 Å². The first kappa shape index (κ1) is 20.4. The number of nitrogens with zero attached hydrogens (tertiary/aromatic N) is 2. The first-order valence-electron chi connectivity index (χ1n) is 9.00. The lowest BCUT2D eigenvalue weighted by Crippen LogP contribution is -2.50. The van der Waals surface area contributed by atoms with Crippen molar-refractivity contribution in [3.05, 3.63) is 23.8 Å². The summed E-state index contributed by atoms with van der Waals surface area (Å²) in [6, 6.07) is 5.76. The summed E-state index contributed by atoms with van der Waals surface area (Å²) in [6.45, 7) is 4.83. The molecule has 1 heterocycles. The van der Waals surface area contributed by atoms with Crippen molar-refractivity contribution in [1.82, 2.24) is 9.80 Å². The maximum Gasteiger partial charge on any atom is 0.223 e. The van der Waals surface area contributed by atoms with Gasteiger partial charge in [-0.2, -0.15) is 0 Å². The molecule has 6 nitrogen and oxygen atoms in total. The van der Waals surface area contributed by atoms with E-state index in [1.165, 1.54) is 0 Å². The smallest absolute Gasteiger partial charge is 0.223 e. The molecule has 0 bridgehead atoms. The maximum absolute atomic E-state index is 12.4. The lowest BCUT2D eigenvalue weighted by atomic mass is 10.1. The normalized spacial score (nSPS) is 14.3. The van der Waals surface area contributed by atoms with Crippen LogP contribution in [0.4, 0.5) is 0 Å². The molecule has 2 rings (SSSR count). The Labute approximate surface area is 160 Å². The highest BCUT2D eigenvalue weighted by molar-refractivity contribution is 6.18. The van der Waals surface area contributed by atoms with Gasteiger partial charge in [-0.3, -0.25) is 9.59 Å². The van der Waals surface area contributed by atoms with Crippen molar-refractivity contribution in [2.45, 2.75) is 26.2 Å². The van der Waals surface area contributed by atoms with Crippen LogP contribution in [0.3, 0.4) is 0 Å². The predicted octanol–water partition coefficient (Wildman–Crippen LogP) is 2.33. The molecule has 26 heavy (non-hydrogen) atoms. The zero-order valence-corrected chi connectivity index (χ0v) is 16.3. The van der Waals surface area contributed by atoms with E-state index >= 15 is 0 Å². The van der Waals surface area contributed by atoms with E-state index in [-0.39, 0.29) is 11.8 Å². The van der Waals surface area contributed by atoms with E-state index in [0.29, 0.717) is 69.4 Å². The molecule has 144 valence electrons. The van der Waals surface area contributed by atoms with Crippen molar-refractivity contribution in [2.75, 3.05) is 45.8 Å². The van der Waals surface area contributed by atoms with E-state index in [1.54, 1.807) is 12.0 Å². The van der Waals surface area contributed by atoms with E-state index < -0.39 is 0 Å². The fraction of sp³-hybridized carbons (Fsp3) is 0.579. The van der Waals surface area contributed by atoms with Crippen molar-refractivity contribution in [1.29, 1.82) is 0 Å². The Hall–Kier alpha value is -1.95. The third-order valence-electron chi connectivity index (χ3n) is 4.45. The molecule has 0 spiro atoms. The number of carbonyl (C=O) groups excluding carboxylic acids is 2. The molecule has 0 saturated carbocycles. The second-order valence-corrected chi connectivity index (χ2v) is 6.50. The SMILES string of the molecule is CCOc1ccc(CCC(=O)N2CCN(C(=O)CCCl)CC2)cc1OC. The Kier molecular flexibility index (Phi) is 8.04. The minimum atomic E-state index is 0.0635. The zero-order valence-electron chi connectivity index (χ0n) is 15.5. The molecule has 0 radical (unpaired) electrons. The fourth-order valence-corrected chi connectivity index (χ4v) is 3.16. The number of carbonyl (C=O) groups is 2. The number of piperazine rings is 1. The number of halogens is 1. The Balaban J connectivity index is 1.83. The molecule has 0 N–H and O–H groups in total. The largest absolute Gasteiger partial charge is 0.493 e. The molecule has 0 unspecified atom stereocenters. The van der Waals surface area contributed by atoms with Gasteiger partial charge in [0.05, 0.1) is 13.7 Å². The van der Waals surface area contributed by atoms with Crippen LogP contribution in [-0.2, 0) is 16.0 Å². The fourth-order valence-electron chi connectivity index (χ4n) is 3.00. The van der Waals surface area contributed by atoms with Gasteiger partial charge in [0.25, 0.3) is 0 Å². The number of methoxy groups -OCH3 is 1. The first-order chi connectivity index (χ1) is 12.6. The number of hydrogen-bond acceptors (Lipinski definition) is 4. The quantitative estimate of drug-likeness (QED) is 0.647. The van der Waals surface area contributed by atoms with Gasteiger partial charge < -0.3 is 19.3 Å². The van der Waals surface area contributed by atoms with Crippen molar-refractivity contribution >= 4 is 23.4 Å². The number of benzene rings is 1. The molecular weight excluding hydrogens is 356 g/mol. The van der Waals surface area contributed by atoms with Crippen LogP contribution in [0.25, 0.3) is 0 Å². The Morgan fingerprint density at radius 1 is 1.04 bits per heavy atom. The topological polar surface area (TPSA) is 59.1 Å². The molecule has 1 aliphatic heterocycles. The summed E-state index contributed by atoms with van der Waals surface area (Å²) in [5, 5.41) is 0. The summed E-state index contributed by atoms with van der Waals surface area (Å²) < 4.78 is 10.9. The van der Waals surface area contributed by atoms with Crippen LogP contribution >= 0.6 is 11.6 Å². The van der Waals surface area contributed by atoms with Crippen molar-refractivity contribution < 1.29 is 19.1 Å². The number of alkyl halides is 1. The zero-order chi connectivity index (χ0) is 18.9. The summed E-state index contributed by atoms with van der Waals surface area (Å²) in [5.41, 5.74) is 1.04. The molecule has 1 fully saturated rings. The number of hydrogen-bond donors (Lipinski definition) is 0. The van der Waals surface area contributed by atoms with Gasteiger partial charge in [-0.05, 0) is 31.0 Å². The molecule has 1 aliphatic rings. The Morgan fingerprint density at radius 3 is 2.19 bits per heavy atom. The second kappa shape index (κ2) is 10.3. The molecule has 7 heteroatoms. The van der Waals surface area contributed by atoms with E-state index in [2.05, 4.69) is 0 Å². The number of ether oxygens (including phenoxy) is 2. The Morgan fingerprint density at radius 2 is 1.65 bits per heavy atom. The van der Waals surface area contributed by atoms with Crippen LogP contribution in [0.15, 0.2) is 18.2 Å². The van der Waals surface area contributed by atoms with Gasteiger partial charge in [-0.25, -0.2) is 0 Å². The van der Waals surface area contributed by atoms with Crippen LogP contribution < -0.4 is 9.47 Å². The standard InChI is InChI=1S/C19H27ClN2O4/c1-3-26-16-6-4-15(14-17(16)25-2)5-7-18(23)21-10-12-22(13-11-21)19(24)8-9-20/h4,6,14H,3,5,7-13H2,1-2H3. The molecule has 0 aromatic heterocycles. The first-order valence-corrected chi connectivity index (χ1v) is 9.53. The number of amides is 2. The lowest BCUT2D eigenvalue weighted by molar-refractivity contribution is -0.139. The third kappa shape index (κ3) is 5.53. The summed E-state index contributed by atoms with van der Waals surface area (Å²) in [5.74, 6) is 1.91. The number of aryl methyl sites for hydroxylation is 1. The average molecular weight is 383 g/mol. The molecule has 0 aliphatic carbocycles. The van der Waals surface area contributed by atoms with Gasteiger partial charge in [0.15, 0.2) is 11.5 Å². The Bertz CT molecular complexity index is 616. The predicted molar refractivity (Wildman–Crippen MR) is 101 cm³/mol. The van der Waals surface area contributed by atoms with E-state index in [4.69, 9.17) is 21.1 Å². The molecule has 1 aromatic rings. The van der Waals surface area contributed by atoms with E-state index in [9.17, 15) is 9.59 Å². The van der Waals surface area contributed by atoms with Gasteiger partial charge in [0, 0.05) is 44.9 Å². The maximum atomic E-state index is 12.4. The van der Waals surface area contributed by atoms with Gasteiger partial charge >= 0.3 is 0 Å². The molecular formula is C19H27ClN2O4.